The number of nitrogens with zero attached hydrogens (tertiary/aromatic N) is 1. The van der Waals surface area contributed by atoms with Crippen LogP contribution in [-0.2, 0) is 4.74 Å². The van der Waals surface area contributed by atoms with E-state index in [9.17, 15) is 4.79 Å². The van der Waals surface area contributed by atoms with Gasteiger partial charge in [0, 0.05) is 9.86 Å². The van der Waals surface area contributed by atoms with E-state index in [0.717, 1.165) is 15.4 Å². The van der Waals surface area contributed by atoms with Gasteiger partial charge >= 0.3 is 5.97 Å². The molecule has 88 valence electrons. The number of pyridine rings is 1. The molecule has 0 spiro atoms. The third kappa shape index (κ3) is 2.64. The molecule has 0 N–H and O–H groups in total. The number of aromatic nitrogens is 1. The summed E-state index contributed by atoms with van der Waals surface area (Å²) in [6.07, 6.45) is -0.137. The first-order valence-corrected chi connectivity index (χ1v) is 6.13. The smallest absolute Gasteiger partial charge is 0.357 e. The molecule has 1 aromatic heterocycles. The lowest BCUT2D eigenvalue weighted by molar-refractivity contribution is 0.0371. The number of benzene rings is 1. The maximum atomic E-state index is 11.7. The van der Waals surface area contributed by atoms with E-state index < -0.39 is 0 Å². The van der Waals surface area contributed by atoms with Gasteiger partial charge in [-0.25, -0.2) is 9.78 Å². The molecule has 0 aliphatic carbocycles. The van der Waals surface area contributed by atoms with Gasteiger partial charge in [0.15, 0.2) is 0 Å². The van der Waals surface area contributed by atoms with Gasteiger partial charge in [-0.15, -0.1) is 0 Å². The van der Waals surface area contributed by atoms with Crippen molar-refractivity contribution in [1.29, 1.82) is 0 Å². The summed E-state index contributed by atoms with van der Waals surface area (Å²) in [4.78, 5) is 16.0. The summed E-state index contributed by atoms with van der Waals surface area (Å²) in [7, 11) is 0. The number of esters is 1. The van der Waals surface area contributed by atoms with Gasteiger partial charge in [-0.3, -0.25) is 0 Å². The van der Waals surface area contributed by atoms with Gasteiger partial charge in [-0.05, 0) is 38.1 Å². The van der Waals surface area contributed by atoms with Gasteiger partial charge < -0.3 is 4.74 Å². The molecule has 0 bridgehead atoms. The first kappa shape index (κ1) is 12.0. The summed E-state index contributed by atoms with van der Waals surface area (Å²) in [5.41, 5.74) is 1.11. The molecule has 17 heavy (non-hydrogen) atoms. The number of rotatable bonds is 2. The second-order valence-corrected chi connectivity index (χ2v) is 4.81. The van der Waals surface area contributed by atoms with E-state index in [1.54, 1.807) is 6.07 Å². The van der Waals surface area contributed by atoms with Crippen molar-refractivity contribution in [2.45, 2.75) is 20.0 Å². The molecule has 4 heteroatoms. The SMILES string of the molecule is CC(C)OC(=O)c1ccc2c(Br)cccc2n1. The van der Waals surface area contributed by atoms with E-state index in [2.05, 4.69) is 20.9 Å². The van der Waals surface area contributed by atoms with Crippen LogP contribution in [-0.4, -0.2) is 17.1 Å². The number of fused-ring (bicyclic) bond motifs is 1. The van der Waals surface area contributed by atoms with Crippen molar-refractivity contribution >= 4 is 32.8 Å². The third-order valence-electron chi connectivity index (χ3n) is 2.23. The highest BCUT2D eigenvalue weighted by Gasteiger charge is 2.11. The largest absolute Gasteiger partial charge is 0.458 e. The molecule has 0 aliphatic heterocycles. The standard InChI is InChI=1S/C13H12BrNO2/c1-8(2)17-13(16)12-7-6-9-10(14)4-3-5-11(9)15-12/h3-8H,1-2H3. The van der Waals surface area contributed by atoms with Crippen molar-refractivity contribution in [2.75, 3.05) is 0 Å². The minimum atomic E-state index is -0.387. The van der Waals surface area contributed by atoms with Crippen molar-refractivity contribution in [3.63, 3.8) is 0 Å². The Morgan fingerprint density at radius 2 is 2.06 bits per heavy atom. The molecule has 0 amide bonds. The monoisotopic (exact) mass is 293 g/mol. The molecule has 3 nitrogen and oxygen atoms in total. The second kappa shape index (κ2) is 4.84. The summed E-state index contributed by atoms with van der Waals surface area (Å²) in [6.45, 7) is 3.63. The van der Waals surface area contributed by atoms with Crippen LogP contribution in [0, 0.1) is 0 Å². The maximum absolute atomic E-state index is 11.7. The van der Waals surface area contributed by atoms with Gasteiger partial charge in [0.2, 0.25) is 0 Å². The number of hydrogen-bond acceptors (Lipinski definition) is 3. The van der Waals surface area contributed by atoms with Crippen LogP contribution in [0.25, 0.3) is 10.9 Å². The van der Waals surface area contributed by atoms with E-state index >= 15 is 0 Å². The molecule has 0 atom stereocenters. The first-order valence-electron chi connectivity index (χ1n) is 5.34. The molecule has 0 unspecified atom stereocenters. The molecule has 2 rings (SSSR count). The summed E-state index contributed by atoms with van der Waals surface area (Å²) >= 11 is 3.44. The molecule has 0 saturated carbocycles. The molecule has 1 heterocycles. The van der Waals surface area contributed by atoms with Gasteiger partial charge in [-0.2, -0.15) is 0 Å². The molecule has 0 aliphatic rings. The molecular formula is C13H12BrNO2. The van der Waals surface area contributed by atoms with E-state index in [1.165, 1.54) is 0 Å². The predicted molar refractivity (Wildman–Crippen MR) is 70.0 cm³/mol. The molecular weight excluding hydrogens is 282 g/mol. The van der Waals surface area contributed by atoms with Crippen molar-refractivity contribution in [3.8, 4) is 0 Å². The minimum Gasteiger partial charge on any atom is -0.458 e. The zero-order chi connectivity index (χ0) is 12.4. The zero-order valence-electron chi connectivity index (χ0n) is 9.61. The predicted octanol–water partition coefficient (Wildman–Crippen LogP) is 3.56. The Bertz CT molecular complexity index is 566. The highest BCUT2D eigenvalue weighted by molar-refractivity contribution is 9.10. The number of hydrogen-bond donors (Lipinski definition) is 0. The Morgan fingerprint density at radius 1 is 1.29 bits per heavy atom. The van der Waals surface area contributed by atoms with E-state index in [4.69, 9.17) is 4.74 Å². The summed E-state index contributed by atoms with van der Waals surface area (Å²) in [5.74, 6) is -0.387. The third-order valence-corrected chi connectivity index (χ3v) is 2.92. The molecule has 1 aromatic carbocycles. The van der Waals surface area contributed by atoms with Crippen molar-refractivity contribution in [3.05, 3.63) is 40.5 Å². The van der Waals surface area contributed by atoms with Crippen LogP contribution >= 0.6 is 15.9 Å². The first-order chi connectivity index (χ1) is 8.08. The minimum absolute atomic E-state index is 0.137. The van der Waals surface area contributed by atoms with Crippen LogP contribution < -0.4 is 0 Å². The van der Waals surface area contributed by atoms with Crippen molar-refractivity contribution < 1.29 is 9.53 Å². The molecule has 0 saturated heterocycles. The van der Waals surface area contributed by atoms with Crippen molar-refractivity contribution in [2.24, 2.45) is 0 Å². The Morgan fingerprint density at radius 3 is 2.76 bits per heavy atom. The van der Waals surface area contributed by atoms with Crippen LogP contribution in [0.5, 0.6) is 0 Å². The van der Waals surface area contributed by atoms with Gasteiger partial charge in [-0.1, -0.05) is 22.0 Å². The van der Waals surface area contributed by atoms with Crippen molar-refractivity contribution in [1.82, 2.24) is 4.98 Å². The van der Waals surface area contributed by atoms with Crippen LogP contribution in [0.4, 0.5) is 0 Å². The van der Waals surface area contributed by atoms with E-state index in [0.29, 0.717) is 5.69 Å². The highest BCUT2D eigenvalue weighted by Crippen LogP contribution is 2.22. The number of halogens is 1. The number of carbonyl (C=O) groups excluding carboxylic acids is 1. The van der Waals surface area contributed by atoms with Crippen LogP contribution in [0.1, 0.15) is 24.3 Å². The Hall–Kier alpha value is -1.42. The molecule has 0 fully saturated rings. The number of ether oxygens (including phenoxy) is 1. The van der Waals surface area contributed by atoms with E-state index in [1.807, 2.05) is 38.1 Å². The Kier molecular flexibility index (Phi) is 3.43. The topological polar surface area (TPSA) is 39.2 Å². The van der Waals surface area contributed by atoms with Crippen LogP contribution in [0.2, 0.25) is 0 Å². The van der Waals surface area contributed by atoms with Gasteiger partial charge in [0.25, 0.3) is 0 Å². The van der Waals surface area contributed by atoms with E-state index in [-0.39, 0.29) is 12.1 Å². The fourth-order valence-electron chi connectivity index (χ4n) is 1.51. The number of carbonyl (C=O) groups is 1. The quantitative estimate of drug-likeness (QED) is 0.795. The maximum Gasteiger partial charge on any atom is 0.357 e. The Labute approximate surface area is 108 Å². The molecule has 2 aromatic rings. The average Bonchev–Trinajstić information content (AvgIpc) is 2.28. The van der Waals surface area contributed by atoms with Crippen LogP contribution in [0.15, 0.2) is 34.8 Å². The normalized spacial score (nSPS) is 10.8. The highest BCUT2D eigenvalue weighted by atomic mass is 79.9. The van der Waals surface area contributed by atoms with Gasteiger partial charge in [0.05, 0.1) is 11.6 Å². The van der Waals surface area contributed by atoms with Gasteiger partial charge in [0.1, 0.15) is 5.69 Å². The summed E-state index contributed by atoms with van der Waals surface area (Å²) < 4.78 is 6.07. The second-order valence-electron chi connectivity index (χ2n) is 3.96. The summed E-state index contributed by atoms with van der Waals surface area (Å²) in [5, 5.41) is 0.980. The lowest BCUT2D eigenvalue weighted by atomic mass is 10.2. The fourth-order valence-corrected chi connectivity index (χ4v) is 1.99. The lowest BCUT2D eigenvalue weighted by Gasteiger charge is -2.08. The molecule has 0 radical (unpaired) electrons. The van der Waals surface area contributed by atoms with Crippen LogP contribution in [0.3, 0.4) is 0 Å². The zero-order valence-corrected chi connectivity index (χ0v) is 11.2. The lowest BCUT2D eigenvalue weighted by Crippen LogP contribution is -2.12. The fraction of sp³-hybridized carbons (Fsp3) is 0.231. The summed E-state index contributed by atoms with van der Waals surface area (Å²) in [6, 6.07) is 9.24. The average molecular weight is 294 g/mol. The Balaban J connectivity index is 2.42.